The van der Waals surface area contributed by atoms with Crippen molar-refractivity contribution in [1.29, 1.82) is 0 Å². The Morgan fingerprint density at radius 1 is 1.39 bits per heavy atom. The Bertz CT molecular complexity index is 387. The van der Waals surface area contributed by atoms with E-state index in [0.29, 0.717) is 5.92 Å². The van der Waals surface area contributed by atoms with E-state index in [4.69, 9.17) is 0 Å². The molecule has 2 amide bonds. The van der Waals surface area contributed by atoms with Gasteiger partial charge in [0, 0.05) is 13.6 Å². The van der Waals surface area contributed by atoms with Crippen molar-refractivity contribution < 1.29 is 4.79 Å². The Hall–Kier alpha value is -1.51. The van der Waals surface area contributed by atoms with Crippen LogP contribution in [-0.2, 0) is 0 Å². The van der Waals surface area contributed by atoms with Crippen LogP contribution in [0.25, 0.3) is 0 Å². The van der Waals surface area contributed by atoms with Crippen LogP contribution in [0.5, 0.6) is 0 Å². The molecular formula is C15H22N2O. The van der Waals surface area contributed by atoms with Crippen LogP contribution in [0.3, 0.4) is 0 Å². The van der Waals surface area contributed by atoms with Gasteiger partial charge in [0.1, 0.15) is 0 Å². The van der Waals surface area contributed by atoms with Gasteiger partial charge in [-0.3, -0.25) is 0 Å². The van der Waals surface area contributed by atoms with Gasteiger partial charge in [0.2, 0.25) is 0 Å². The number of amides is 2. The predicted molar refractivity (Wildman–Crippen MR) is 73.4 cm³/mol. The van der Waals surface area contributed by atoms with Gasteiger partial charge in [0.15, 0.2) is 0 Å². The molecule has 1 saturated carbocycles. The van der Waals surface area contributed by atoms with E-state index < -0.39 is 0 Å². The molecule has 0 bridgehead atoms. The highest BCUT2D eigenvalue weighted by Gasteiger charge is 2.26. The van der Waals surface area contributed by atoms with Gasteiger partial charge in [-0.25, -0.2) is 4.79 Å². The lowest BCUT2D eigenvalue weighted by atomic mass is 9.84. The summed E-state index contributed by atoms with van der Waals surface area (Å²) in [5.74, 6) is 0.688. The van der Waals surface area contributed by atoms with Crippen LogP contribution in [0, 0.1) is 5.92 Å². The Labute approximate surface area is 109 Å². The number of nitrogens with zero attached hydrogens (tertiary/aromatic N) is 1. The average molecular weight is 246 g/mol. The van der Waals surface area contributed by atoms with E-state index in [1.54, 1.807) is 7.05 Å². The molecule has 1 N–H and O–H groups in total. The first kappa shape index (κ1) is 12.9. The second-order valence-corrected chi connectivity index (χ2v) is 5.09. The summed E-state index contributed by atoms with van der Waals surface area (Å²) in [5, 5.41) is 2.76. The quantitative estimate of drug-likeness (QED) is 0.869. The molecule has 1 aromatic carbocycles. The van der Waals surface area contributed by atoms with Gasteiger partial charge in [-0.2, -0.15) is 0 Å². The Balaban J connectivity index is 2.09. The lowest BCUT2D eigenvalue weighted by Gasteiger charge is -2.36. The summed E-state index contributed by atoms with van der Waals surface area (Å²) in [6.07, 6.45) is 3.83. The highest BCUT2D eigenvalue weighted by molar-refractivity contribution is 5.74. The molecule has 1 unspecified atom stereocenters. The minimum atomic E-state index is 0.0262. The van der Waals surface area contributed by atoms with Gasteiger partial charge in [-0.05, 0) is 31.2 Å². The monoisotopic (exact) mass is 246 g/mol. The van der Waals surface area contributed by atoms with Gasteiger partial charge >= 0.3 is 6.03 Å². The van der Waals surface area contributed by atoms with Gasteiger partial charge in [0.05, 0.1) is 6.04 Å². The number of carbonyl (C=O) groups excluding carboxylic acids is 1. The van der Waals surface area contributed by atoms with Crippen molar-refractivity contribution in [2.75, 3.05) is 13.6 Å². The van der Waals surface area contributed by atoms with Crippen LogP contribution in [0.15, 0.2) is 30.3 Å². The Morgan fingerprint density at radius 3 is 2.56 bits per heavy atom. The fraction of sp³-hybridized carbons (Fsp3) is 0.533. The van der Waals surface area contributed by atoms with E-state index in [0.717, 1.165) is 6.54 Å². The van der Waals surface area contributed by atoms with Crippen molar-refractivity contribution >= 4 is 6.03 Å². The van der Waals surface area contributed by atoms with Crippen molar-refractivity contribution in [2.45, 2.75) is 32.2 Å². The second-order valence-electron chi connectivity index (χ2n) is 5.09. The van der Waals surface area contributed by atoms with Gasteiger partial charge in [0.25, 0.3) is 0 Å². The normalized spacial score (nSPS) is 16.8. The van der Waals surface area contributed by atoms with Gasteiger partial charge in [-0.15, -0.1) is 0 Å². The Kier molecular flexibility index (Phi) is 4.24. The summed E-state index contributed by atoms with van der Waals surface area (Å²) in [5.41, 5.74) is 1.19. The molecule has 0 aliphatic heterocycles. The van der Waals surface area contributed by atoms with Crippen molar-refractivity contribution in [3.05, 3.63) is 35.9 Å². The summed E-state index contributed by atoms with van der Waals surface area (Å²) in [6, 6.07) is 10.4. The number of nitrogens with one attached hydrogen (secondary N) is 1. The fourth-order valence-electron chi connectivity index (χ4n) is 2.43. The highest BCUT2D eigenvalue weighted by Crippen LogP contribution is 2.30. The predicted octanol–water partition coefficient (Wildman–Crippen LogP) is 3.19. The van der Waals surface area contributed by atoms with Crippen LogP contribution in [-0.4, -0.2) is 24.5 Å². The summed E-state index contributed by atoms with van der Waals surface area (Å²) in [7, 11) is 1.70. The molecule has 1 aliphatic carbocycles. The number of urea groups is 1. The molecule has 0 aromatic heterocycles. The van der Waals surface area contributed by atoms with Gasteiger partial charge < -0.3 is 10.2 Å². The first-order valence-corrected chi connectivity index (χ1v) is 6.75. The molecule has 1 atom stereocenters. The number of benzene rings is 1. The molecule has 0 heterocycles. The minimum absolute atomic E-state index is 0.0262. The molecule has 0 spiro atoms. The molecule has 0 radical (unpaired) electrons. The molecule has 1 fully saturated rings. The molecule has 2 rings (SSSR count). The van der Waals surface area contributed by atoms with Crippen molar-refractivity contribution in [3.63, 3.8) is 0 Å². The van der Waals surface area contributed by atoms with Crippen molar-refractivity contribution in [2.24, 2.45) is 5.92 Å². The van der Waals surface area contributed by atoms with E-state index in [2.05, 4.69) is 24.4 Å². The summed E-state index contributed by atoms with van der Waals surface area (Å²) >= 11 is 0. The maximum Gasteiger partial charge on any atom is 0.317 e. The van der Waals surface area contributed by atoms with Crippen LogP contribution in [0.1, 0.15) is 37.8 Å². The van der Waals surface area contributed by atoms with E-state index in [9.17, 15) is 4.79 Å². The molecule has 98 valence electrons. The zero-order chi connectivity index (χ0) is 13.0. The lowest BCUT2D eigenvalue weighted by Crippen LogP contribution is -2.43. The average Bonchev–Trinajstić information content (AvgIpc) is 2.37. The molecule has 3 nitrogen and oxygen atoms in total. The maximum absolute atomic E-state index is 12.0. The van der Waals surface area contributed by atoms with E-state index in [1.165, 1.54) is 24.8 Å². The summed E-state index contributed by atoms with van der Waals surface area (Å²) < 4.78 is 0. The number of hydrogen-bond donors (Lipinski definition) is 1. The van der Waals surface area contributed by atoms with Crippen LogP contribution >= 0.6 is 0 Å². The third-order valence-electron chi connectivity index (χ3n) is 3.90. The molecular weight excluding hydrogens is 224 g/mol. The first-order chi connectivity index (χ1) is 8.72. The van der Waals surface area contributed by atoms with Crippen molar-refractivity contribution in [3.8, 4) is 0 Å². The highest BCUT2D eigenvalue weighted by atomic mass is 16.2. The van der Waals surface area contributed by atoms with E-state index in [-0.39, 0.29) is 12.1 Å². The number of carbonyl (C=O) groups is 1. The first-order valence-electron chi connectivity index (χ1n) is 6.75. The zero-order valence-corrected chi connectivity index (χ0v) is 11.2. The maximum atomic E-state index is 12.0. The largest absolute Gasteiger partial charge is 0.341 e. The standard InChI is InChI=1S/C15H22N2O/c1-12(14-9-4-3-5-10-14)17(15(18)16-2)11-13-7-6-8-13/h3-5,9-10,12-13H,6-8,11H2,1-2H3,(H,16,18). The molecule has 18 heavy (non-hydrogen) atoms. The van der Waals surface area contributed by atoms with E-state index in [1.807, 2.05) is 23.1 Å². The fourth-order valence-corrected chi connectivity index (χ4v) is 2.43. The van der Waals surface area contributed by atoms with Crippen LogP contribution < -0.4 is 5.32 Å². The molecule has 0 saturated heterocycles. The zero-order valence-electron chi connectivity index (χ0n) is 11.2. The lowest BCUT2D eigenvalue weighted by molar-refractivity contribution is 0.147. The molecule has 3 heteroatoms. The van der Waals surface area contributed by atoms with Crippen molar-refractivity contribution in [1.82, 2.24) is 10.2 Å². The second kappa shape index (κ2) is 5.89. The smallest absolute Gasteiger partial charge is 0.317 e. The van der Waals surface area contributed by atoms with Crippen LogP contribution in [0.4, 0.5) is 4.79 Å². The summed E-state index contributed by atoms with van der Waals surface area (Å²) in [4.78, 5) is 14.0. The number of rotatable bonds is 4. The van der Waals surface area contributed by atoms with Crippen LogP contribution in [0.2, 0.25) is 0 Å². The topological polar surface area (TPSA) is 32.3 Å². The SMILES string of the molecule is CNC(=O)N(CC1CCC1)C(C)c1ccccc1. The van der Waals surface area contributed by atoms with E-state index >= 15 is 0 Å². The third kappa shape index (κ3) is 2.84. The van der Waals surface area contributed by atoms with Gasteiger partial charge in [-0.1, -0.05) is 36.8 Å². The molecule has 1 aliphatic rings. The number of hydrogen-bond acceptors (Lipinski definition) is 1. The molecule has 1 aromatic rings. The Morgan fingerprint density at radius 2 is 2.06 bits per heavy atom. The third-order valence-corrected chi connectivity index (χ3v) is 3.90. The minimum Gasteiger partial charge on any atom is -0.341 e. The summed E-state index contributed by atoms with van der Waals surface area (Å²) in [6.45, 7) is 2.97.